The van der Waals surface area contributed by atoms with E-state index in [0.29, 0.717) is 16.8 Å². The van der Waals surface area contributed by atoms with Crippen LogP contribution in [0.15, 0.2) is 90.6 Å². The number of anilines is 1. The molecule has 0 aliphatic rings. The molecule has 0 heterocycles. The minimum absolute atomic E-state index is 0.0549. The summed E-state index contributed by atoms with van der Waals surface area (Å²) in [6, 6.07) is 23.1. The number of hydrogen-bond acceptors (Lipinski definition) is 2. The number of carbonyl (C=O) groups excluding carboxylic acids is 2. The van der Waals surface area contributed by atoms with Gasteiger partial charge in [0, 0.05) is 11.3 Å². The molecule has 0 unspecified atom stereocenters. The van der Waals surface area contributed by atoms with E-state index in [1.54, 1.807) is 54.6 Å². The van der Waals surface area contributed by atoms with E-state index < -0.39 is 11.8 Å². The molecule has 0 radical (unpaired) electrons. The molecule has 3 aromatic rings. The highest BCUT2D eigenvalue weighted by molar-refractivity contribution is 6.10. The number of carbonyl (C=O) groups is 2. The van der Waals surface area contributed by atoms with E-state index in [0.717, 1.165) is 0 Å². The number of hydrogen-bond donors (Lipinski definition) is 2. The van der Waals surface area contributed by atoms with Crippen LogP contribution in [0.1, 0.15) is 15.9 Å². The maximum absolute atomic E-state index is 13.1. The molecule has 0 aromatic heterocycles. The van der Waals surface area contributed by atoms with Crippen molar-refractivity contribution in [2.45, 2.75) is 0 Å². The molecule has 0 spiro atoms. The predicted molar refractivity (Wildman–Crippen MR) is 103 cm³/mol. The second-order valence-electron chi connectivity index (χ2n) is 5.75. The number of para-hydroxylation sites is 1. The van der Waals surface area contributed by atoms with Crippen LogP contribution in [0.25, 0.3) is 6.08 Å². The second kappa shape index (κ2) is 8.58. The zero-order valence-electron chi connectivity index (χ0n) is 14.4. The molecule has 5 heteroatoms. The van der Waals surface area contributed by atoms with E-state index in [1.165, 1.54) is 30.3 Å². The van der Waals surface area contributed by atoms with Crippen molar-refractivity contribution in [1.82, 2.24) is 5.32 Å². The Bertz CT molecular complexity index is 953. The van der Waals surface area contributed by atoms with Crippen LogP contribution in [0.3, 0.4) is 0 Å². The molecule has 0 bridgehead atoms. The number of amides is 2. The first kappa shape index (κ1) is 18.1. The molecule has 2 N–H and O–H groups in total. The van der Waals surface area contributed by atoms with Crippen molar-refractivity contribution >= 4 is 23.6 Å². The van der Waals surface area contributed by atoms with Crippen LogP contribution in [0.2, 0.25) is 0 Å². The fraction of sp³-hybridized carbons (Fsp3) is 0. The van der Waals surface area contributed by atoms with Crippen LogP contribution in [0.4, 0.5) is 10.1 Å². The summed E-state index contributed by atoms with van der Waals surface area (Å²) >= 11 is 0. The molecule has 0 saturated heterocycles. The lowest BCUT2D eigenvalue weighted by Crippen LogP contribution is -2.30. The van der Waals surface area contributed by atoms with Gasteiger partial charge in [0.25, 0.3) is 11.8 Å². The second-order valence-corrected chi connectivity index (χ2v) is 5.75. The van der Waals surface area contributed by atoms with Gasteiger partial charge in [0.2, 0.25) is 0 Å². The number of rotatable bonds is 5. The largest absolute Gasteiger partial charge is 0.321 e. The summed E-state index contributed by atoms with van der Waals surface area (Å²) in [5.74, 6) is -1.27. The van der Waals surface area contributed by atoms with Crippen molar-refractivity contribution in [1.29, 1.82) is 0 Å². The quantitative estimate of drug-likeness (QED) is 0.669. The highest BCUT2D eigenvalue weighted by atomic mass is 19.1. The molecule has 3 aromatic carbocycles. The smallest absolute Gasteiger partial charge is 0.272 e. The summed E-state index contributed by atoms with van der Waals surface area (Å²) in [6.45, 7) is 0. The first-order valence-electron chi connectivity index (χ1n) is 8.32. The van der Waals surface area contributed by atoms with Crippen molar-refractivity contribution in [3.8, 4) is 0 Å². The Balaban J connectivity index is 1.87. The van der Waals surface area contributed by atoms with Gasteiger partial charge in [-0.15, -0.1) is 0 Å². The minimum Gasteiger partial charge on any atom is -0.321 e. The normalized spacial score (nSPS) is 10.9. The molecule has 0 fully saturated rings. The van der Waals surface area contributed by atoms with Gasteiger partial charge in [-0.1, -0.05) is 48.5 Å². The summed E-state index contributed by atoms with van der Waals surface area (Å²) in [6.07, 6.45) is 1.50. The Kier molecular flexibility index (Phi) is 5.74. The molecular formula is C22H17FN2O2. The lowest BCUT2D eigenvalue weighted by atomic mass is 10.1. The summed E-state index contributed by atoms with van der Waals surface area (Å²) in [4.78, 5) is 25.1. The SMILES string of the molecule is O=C(Nc1ccccc1)/C(=C/c1ccc(F)cc1)NC(=O)c1ccccc1. The lowest BCUT2D eigenvalue weighted by Gasteiger charge is -2.11. The first-order chi connectivity index (χ1) is 13.1. The maximum Gasteiger partial charge on any atom is 0.272 e. The maximum atomic E-state index is 13.1. The standard InChI is InChI=1S/C22H17FN2O2/c23-18-13-11-16(12-14-18)15-20(22(27)24-19-9-5-2-6-10-19)25-21(26)17-7-3-1-4-8-17/h1-15H,(H,24,27)(H,25,26)/b20-15-. The van der Waals surface area contributed by atoms with Crippen molar-refractivity contribution < 1.29 is 14.0 Å². The third kappa shape index (κ3) is 5.12. The third-order valence-corrected chi connectivity index (χ3v) is 3.74. The monoisotopic (exact) mass is 360 g/mol. The number of halogens is 1. The van der Waals surface area contributed by atoms with E-state index in [2.05, 4.69) is 10.6 Å². The minimum atomic E-state index is -0.477. The van der Waals surface area contributed by atoms with Gasteiger partial charge in [0.15, 0.2) is 0 Å². The van der Waals surface area contributed by atoms with Gasteiger partial charge in [0.05, 0.1) is 0 Å². The van der Waals surface area contributed by atoms with Gasteiger partial charge >= 0.3 is 0 Å². The van der Waals surface area contributed by atoms with Crippen LogP contribution in [0, 0.1) is 5.82 Å². The van der Waals surface area contributed by atoms with Crippen molar-refractivity contribution in [3.63, 3.8) is 0 Å². The third-order valence-electron chi connectivity index (χ3n) is 3.74. The summed E-state index contributed by atoms with van der Waals surface area (Å²) in [7, 11) is 0. The number of nitrogens with one attached hydrogen (secondary N) is 2. The Hall–Kier alpha value is -3.73. The van der Waals surface area contributed by atoms with Gasteiger partial charge in [0.1, 0.15) is 11.5 Å². The van der Waals surface area contributed by atoms with Crippen molar-refractivity contribution in [2.75, 3.05) is 5.32 Å². The first-order valence-corrected chi connectivity index (χ1v) is 8.32. The molecule has 134 valence electrons. The zero-order chi connectivity index (χ0) is 19.1. The molecule has 0 aliphatic heterocycles. The van der Waals surface area contributed by atoms with Gasteiger partial charge in [-0.05, 0) is 48.0 Å². The highest BCUT2D eigenvalue weighted by Gasteiger charge is 2.15. The average molecular weight is 360 g/mol. The van der Waals surface area contributed by atoms with E-state index in [-0.39, 0.29) is 11.5 Å². The molecule has 0 saturated carbocycles. The lowest BCUT2D eigenvalue weighted by molar-refractivity contribution is -0.113. The highest BCUT2D eigenvalue weighted by Crippen LogP contribution is 2.12. The van der Waals surface area contributed by atoms with E-state index in [9.17, 15) is 14.0 Å². The van der Waals surface area contributed by atoms with E-state index >= 15 is 0 Å². The van der Waals surface area contributed by atoms with Gasteiger partial charge in [-0.2, -0.15) is 0 Å². The molecule has 4 nitrogen and oxygen atoms in total. The zero-order valence-corrected chi connectivity index (χ0v) is 14.4. The van der Waals surface area contributed by atoms with Gasteiger partial charge < -0.3 is 10.6 Å². The van der Waals surface area contributed by atoms with Crippen LogP contribution >= 0.6 is 0 Å². The fourth-order valence-electron chi connectivity index (χ4n) is 2.39. The van der Waals surface area contributed by atoms with E-state index in [4.69, 9.17) is 0 Å². The topological polar surface area (TPSA) is 58.2 Å². The molecule has 0 atom stereocenters. The Morgan fingerprint density at radius 3 is 2.00 bits per heavy atom. The van der Waals surface area contributed by atoms with Gasteiger partial charge in [-0.3, -0.25) is 9.59 Å². The number of benzene rings is 3. The van der Waals surface area contributed by atoms with E-state index in [1.807, 2.05) is 6.07 Å². The molecule has 3 rings (SSSR count). The molecular weight excluding hydrogens is 343 g/mol. The van der Waals surface area contributed by atoms with Crippen molar-refractivity contribution in [2.24, 2.45) is 0 Å². The van der Waals surface area contributed by atoms with Crippen LogP contribution < -0.4 is 10.6 Å². The predicted octanol–water partition coefficient (Wildman–Crippen LogP) is 4.24. The summed E-state index contributed by atoms with van der Waals surface area (Å²) < 4.78 is 13.1. The van der Waals surface area contributed by atoms with Gasteiger partial charge in [-0.25, -0.2) is 4.39 Å². The molecule has 0 aliphatic carbocycles. The van der Waals surface area contributed by atoms with Crippen LogP contribution in [-0.4, -0.2) is 11.8 Å². The van der Waals surface area contributed by atoms with Crippen molar-refractivity contribution in [3.05, 3.63) is 108 Å². The Morgan fingerprint density at radius 2 is 1.37 bits per heavy atom. The molecule has 27 heavy (non-hydrogen) atoms. The van der Waals surface area contributed by atoms with Crippen LogP contribution in [-0.2, 0) is 4.79 Å². The average Bonchev–Trinajstić information content (AvgIpc) is 2.70. The summed E-state index contributed by atoms with van der Waals surface area (Å²) in [5, 5.41) is 5.37. The fourth-order valence-corrected chi connectivity index (χ4v) is 2.39. The summed E-state index contributed by atoms with van der Waals surface area (Å²) in [5.41, 5.74) is 1.67. The van der Waals surface area contributed by atoms with Crippen LogP contribution in [0.5, 0.6) is 0 Å². The molecule has 2 amide bonds. The Morgan fingerprint density at radius 1 is 0.778 bits per heavy atom. The Labute approximate surface area is 156 Å².